The maximum absolute atomic E-state index is 12.9. The monoisotopic (exact) mass is 418 g/mol. The van der Waals surface area contributed by atoms with Crippen molar-refractivity contribution >= 4 is 35.2 Å². The summed E-state index contributed by atoms with van der Waals surface area (Å²) in [5.74, 6) is -1.86. The smallest absolute Gasteiger partial charge is 0.326 e. The third-order valence-corrected chi connectivity index (χ3v) is 4.66. The lowest BCUT2D eigenvalue weighted by Gasteiger charge is -2.31. The van der Waals surface area contributed by atoms with Crippen LogP contribution in [0.25, 0.3) is 0 Å². The Balaban J connectivity index is 2.17. The number of hydrogen-bond acceptors (Lipinski definition) is 4. The number of urea groups is 1. The number of aliphatic carboxylic acids is 1. The van der Waals surface area contributed by atoms with Gasteiger partial charge in [-0.05, 0) is 36.8 Å². The summed E-state index contributed by atoms with van der Waals surface area (Å²) in [6, 6.07) is 4.33. The maximum atomic E-state index is 12.9. The van der Waals surface area contributed by atoms with E-state index in [2.05, 4.69) is 16.0 Å². The van der Waals surface area contributed by atoms with Crippen molar-refractivity contribution in [3.63, 3.8) is 0 Å². The van der Waals surface area contributed by atoms with E-state index in [9.17, 15) is 24.3 Å². The molecular weight excluding hydrogens is 388 g/mol. The molecule has 4 N–H and O–H groups in total. The molecule has 164 valence electrons. The molecule has 9 heteroatoms. The van der Waals surface area contributed by atoms with Crippen molar-refractivity contribution in [1.82, 2.24) is 10.6 Å². The number of carboxylic acid groups (broad SMARTS) is 1. The second-order valence-corrected chi connectivity index (χ2v) is 8.31. The number of benzene rings is 1. The van der Waals surface area contributed by atoms with Crippen LogP contribution in [0.15, 0.2) is 24.3 Å². The summed E-state index contributed by atoms with van der Waals surface area (Å²) in [6.07, 6.45) is 0.608. The number of rotatable bonds is 8. The predicted octanol–water partition coefficient (Wildman–Crippen LogP) is 2.18. The van der Waals surface area contributed by atoms with E-state index >= 15 is 0 Å². The zero-order valence-corrected chi connectivity index (χ0v) is 17.8. The lowest BCUT2D eigenvalue weighted by atomic mass is 10.0. The molecule has 0 aliphatic carbocycles. The molecule has 9 nitrogen and oxygen atoms in total. The summed E-state index contributed by atoms with van der Waals surface area (Å²) >= 11 is 0. The number of hydrogen-bond donors (Lipinski definition) is 4. The number of amides is 4. The van der Waals surface area contributed by atoms with E-state index < -0.39 is 30.0 Å². The summed E-state index contributed by atoms with van der Waals surface area (Å²) < 4.78 is 0. The number of anilines is 2. The second kappa shape index (κ2) is 10.1. The van der Waals surface area contributed by atoms with Gasteiger partial charge in [0.05, 0.1) is 11.4 Å². The van der Waals surface area contributed by atoms with Crippen LogP contribution >= 0.6 is 0 Å². The van der Waals surface area contributed by atoms with Gasteiger partial charge in [-0.2, -0.15) is 0 Å². The van der Waals surface area contributed by atoms with Gasteiger partial charge in [0.2, 0.25) is 11.8 Å². The van der Waals surface area contributed by atoms with Crippen molar-refractivity contribution in [1.29, 1.82) is 0 Å². The van der Waals surface area contributed by atoms with Crippen LogP contribution in [0.5, 0.6) is 0 Å². The minimum absolute atomic E-state index is 0.0753. The SMILES string of the molecule is CC(C)CC(NC(=O)C(CC(C)C)NC(=O)N1CC(=O)Nc2ccccc21)C(=O)O. The zero-order chi connectivity index (χ0) is 22.4. The normalized spacial score (nSPS) is 15.3. The number of carboxylic acids is 1. The standard InChI is InChI=1S/C21H30N4O5/c1-12(2)9-15(19(27)23-16(20(28)29)10-13(3)4)24-21(30)25-11-18(26)22-14-7-5-6-8-17(14)25/h5-8,12-13,15-16H,9-11H2,1-4H3,(H,22,26)(H,23,27)(H,24,30)(H,28,29). The summed E-state index contributed by atoms with van der Waals surface area (Å²) in [5, 5.41) is 17.3. The molecule has 1 aliphatic heterocycles. The van der Waals surface area contributed by atoms with Gasteiger partial charge in [-0.3, -0.25) is 14.5 Å². The van der Waals surface area contributed by atoms with Crippen LogP contribution in [0.3, 0.4) is 0 Å². The maximum Gasteiger partial charge on any atom is 0.326 e. The van der Waals surface area contributed by atoms with Gasteiger partial charge in [0.1, 0.15) is 18.6 Å². The van der Waals surface area contributed by atoms with Gasteiger partial charge in [-0.1, -0.05) is 39.8 Å². The summed E-state index contributed by atoms with van der Waals surface area (Å²) in [5.41, 5.74) is 1.04. The van der Waals surface area contributed by atoms with Crippen molar-refractivity contribution in [2.24, 2.45) is 11.8 Å². The molecule has 2 rings (SSSR count). The van der Waals surface area contributed by atoms with Crippen molar-refractivity contribution in [3.8, 4) is 0 Å². The first-order chi connectivity index (χ1) is 14.1. The molecule has 0 bridgehead atoms. The highest BCUT2D eigenvalue weighted by atomic mass is 16.4. The molecule has 0 aromatic heterocycles. The molecule has 0 saturated heterocycles. The molecule has 2 unspecified atom stereocenters. The number of para-hydroxylation sites is 2. The Hall–Kier alpha value is -3.10. The number of nitrogens with zero attached hydrogens (tertiary/aromatic N) is 1. The van der Waals surface area contributed by atoms with Gasteiger partial charge in [-0.15, -0.1) is 0 Å². The van der Waals surface area contributed by atoms with Crippen molar-refractivity contribution in [2.75, 3.05) is 16.8 Å². The fourth-order valence-electron chi connectivity index (χ4n) is 3.31. The van der Waals surface area contributed by atoms with Gasteiger partial charge >= 0.3 is 12.0 Å². The molecule has 0 saturated carbocycles. The first-order valence-electron chi connectivity index (χ1n) is 10.1. The van der Waals surface area contributed by atoms with Crippen LogP contribution in [-0.2, 0) is 14.4 Å². The topological polar surface area (TPSA) is 128 Å². The van der Waals surface area contributed by atoms with Crippen LogP contribution in [0.1, 0.15) is 40.5 Å². The highest BCUT2D eigenvalue weighted by Gasteiger charge is 2.32. The molecule has 0 radical (unpaired) electrons. The lowest BCUT2D eigenvalue weighted by molar-refractivity contribution is -0.142. The summed E-state index contributed by atoms with van der Waals surface area (Å²) in [4.78, 5) is 50.5. The molecule has 1 aromatic carbocycles. The van der Waals surface area contributed by atoms with Gasteiger partial charge < -0.3 is 21.1 Å². The molecule has 1 heterocycles. The predicted molar refractivity (Wildman–Crippen MR) is 113 cm³/mol. The molecule has 0 fully saturated rings. The Labute approximate surface area is 176 Å². The molecule has 1 aromatic rings. The van der Waals surface area contributed by atoms with E-state index in [0.717, 1.165) is 0 Å². The van der Waals surface area contributed by atoms with E-state index in [1.807, 2.05) is 27.7 Å². The van der Waals surface area contributed by atoms with Gasteiger partial charge in [0.15, 0.2) is 0 Å². The van der Waals surface area contributed by atoms with Gasteiger partial charge in [0.25, 0.3) is 0 Å². The average molecular weight is 418 g/mol. The quantitative estimate of drug-likeness (QED) is 0.514. The van der Waals surface area contributed by atoms with Crippen molar-refractivity contribution in [2.45, 2.75) is 52.6 Å². The van der Waals surface area contributed by atoms with Crippen LogP contribution in [0.2, 0.25) is 0 Å². The lowest BCUT2D eigenvalue weighted by Crippen LogP contribution is -2.56. The average Bonchev–Trinajstić information content (AvgIpc) is 2.65. The highest BCUT2D eigenvalue weighted by Crippen LogP contribution is 2.28. The van der Waals surface area contributed by atoms with Crippen molar-refractivity contribution in [3.05, 3.63) is 24.3 Å². The Morgan fingerprint density at radius 3 is 2.23 bits per heavy atom. The van der Waals surface area contributed by atoms with Gasteiger partial charge in [-0.25, -0.2) is 9.59 Å². The second-order valence-electron chi connectivity index (χ2n) is 8.31. The first kappa shape index (κ1) is 23.2. The molecule has 0 spiro atoms. The van der Waals surface area contributed by atoms with Crippen LogP contribution < -0.4 is 20.9 Å². The summed E-state index contributed by atoms with van der Waals surface area (Å²) in [7, 11) is 0. The van der Waals surface area contributed by atoms with E-state index in [4.69, 9.17) is 0 Å². The Bertz CT molecular complexity index is 808. The fraction of sp³-hybridized carbons (Fsp3) is 0.524. The molecule has 2 atom stereocenters. The largest absolute Gasteiger partial charge is 0.480 e. The van der Waals surface area contributed by atoms with E-state index in [-0.39, 0.29) is 30.7 Å². The molecule has 30 heavy (non-hydrogen) atoms. The van der Waals surface area contributed by atoms with E-state index in [1.54, 1.807) is 24.3 Å². The van der Waals surface area contributed by atoms with Crippen LogP contribution in [0, 0.1) is 11.8 Å². The number of fused-ring (bicyclic) bond motifs is 1. The Kier molecular flexibility index (Phi) is 7.79. The fourth-order valence-corrected chi connectivity index (χ4v) is 3.31. The molecular formula is C21H30N4O5. The Morgan fingerprint density at radius 2 is 1.63 bits per heavy atom. The number of nitrogens with one attached hydrogen (secondary N) is 3. The zero-order valence-electron chi connectivity index (χ0n) is 17.8. The Morgan fingerprint density at radius 1 is 1.03 bits per heavy atom. The number of carbonyl (C=O) groups excluding carboxylic acids is 3. The van der Waals surface area contributed by atoms with E-state index in [1.165, 1.54) is 4.90 Å². The minimum atomic E-state index is -1.12. The number of carbonyl (C=O) groups is 4. The van der Waals surface area contributed by atoms with Crippen molar-refractivity contribution < 1.29 is 24.3 Å². The summed E-state index contributed by atoms with van der Waals surface area (Å²) in [6.45, 7) is 7.37. The molecule has 1 aliphatic rings. The van der Waals surface area contributed by atoms with Crippen LogP contribution in [0.4, 0.5) is 16.2 Å². The molecule has 4 amide bonds. The van der Waals surface area contributed by atoms with Gasteiger partial charge in [0, 0.05) is 0 Å². The van der Waals surface area contributed by atoms with Crippen LogP contribution in [-0.4, -0.2) is 47.5 Å². The first-order valence-corrected chi connectivity index (χ1v) is 10.1. The minimum Gasteiger partial charge on any atom is -0.480 e. The van der Waals surface area contributed by atoms with E-state index in [0.29, 0.717) is 17.8 Å². The highest BCUT2D eigenvalue weighted by molar-refractivity contribution is 6.10. The third-order valence-electron chi connectivity index (χ3n) is 4.66. The third kappa shape index (κ3) is 6.20.